The normalized spacial score (nSPS) is 16.2. The molecule has 0 aliphatic carbocycles. The first-order valence-electron chi connectivity index (χ1n) is 6.59. The van der Waals surface area contributed by atoms with Crippen LogP contribution in [0.15, 0.2) is 25.3 Å². The van der Waals surface area contributed by atoms with Crippen LogP contribution in [-0.4, -0.2) is 49.7 Å². The smallest absolute Gasteiger partial charge is 0.225 e. The third kappa shape index (κ3) is 5.47. The number of rotatable bonds is 8. The Labute approximate surface area is 110 Å². The maximum Gasteiger partial charge on any atom is 0.225 e. The summed E-state index contributed by atoms with van der Waals surface area (Å²) in [4.78, 5) is 13.6. The molecule has 1 amide bonds. The minimum atomic E-state index is 0.101. The summed E-state index contributed by atoms with van der Waals surface area (Å²) in [6.45, 7) is 11.0. The lowest BCUT2D eigenvalue weighted by molar-refractivity contribution is -0.131. The second kappa shape index (κ2) is 8.89. The minimum Gasteiger partial charge on any atom is -0.378 e. The van der Waals surface area contributed by atoms with Gasteiger partial charge in [-0.05, 0) is 25.9 Å². The van der Waals surface area contributed by atoms with E-state index in [2.05, 4.69) is 18.5 Å². The van der Waals surface area contributed by atoms with Crippen molar-refractivity contribution in [3.05, 3.63) is 25.3 Å². The Morgan fingerprint density at radius 3 is 2.44 bits per heavy atom. The molecule has 0 aromatic carbocycles. The quantitative estimate of drug-likeness (QED) is 0.663. The van der Waals surface area contributed by atoms with Crippen LogP contribution in [0.25, 0.3) is 0 Å². The Bertz CT molecular complexity index is 263. The number of nitrogens with one attached hydrogen (secondary N) is 1. The summed E-state index contributed by atoms with van der Waals surface area (Å²) >= 11 is 0. The average molecular weight is 252 g/mol. The lowest BCUT2D eigenvalue weighted by Gasteiger charge is -2.24. The Morgan fingerprint density at radius 1 is 1.28 bits per heavy atom. The second-order valence-corrected chi connectivity index (χ2v) is 4.45. The summed E-state index contributed by atoms with van der Waals surface area (Å²) in [5, 5.41) is 3.29. The van der Waals surface area contributed by atoms with Crippen LogP contribution in [0.4, 0.5) is 0 Å². The monoisotopic (exact) mass is 252 g/mol. The molecule has 1 heterocycles. The molecule has 0 atom stereocenters. The summed E-state index contributed by atoms with van der Waals surface area (Å²) < 4.78 is 5.72. The molecule has 1 aliphatic rings. The van der Waals surface area contributed by atoms with Gasteiger partial charge in [0.15, 0.2) is 0 Å². The highest BCUT2D eigenvalue weighted by Crippen LogP contribution is 2.08. The zero-order chi connectivity index (χ0) is 13.2. The Kier molecular flexibility index (Phi) is 7.37. The molecule has 1 saturated heterocycles. The van der Waals surface area contributed by atoms with Crippen molar-refractivity contribution in [3.63, 3.8) is 0 Å². The van der Waals surface area contributed by atoms with Crippen molar-refractivity contribution in [1.82, 2.24) is 10.2 Å². The van der Waals surface area contributed by atoms with Gasteiger partial charge in [0.2, 0.25) is 5.91 Å². The van der Waals surface area contributed by atoms with Gasteiger partial charge in [-0.2, -0.15) is 0 Å². The van der Waals surface area contributed by atoms with Gasteiger partial charge in [-0.1, -0.05) is 12.2 Å². The van der Waals surface area contributed by atoms with Crippen molar-refractivity contribution in [2.45, 2.75) is 25.4 Å². The number of ether oxygens (including phenoxy) is 1. The van der Waals surface area contributed by atoms with Gasteiger partial charge >= 0.3 is 0 Å². The van der Waals surface area contributed by atoms with Crippen LogP contribution in [0.1, 0.15) is 19.3 Å². The van der Waals surface area contributed by atoms with Crippen LogP contribution in [0, 0.1) is 0 Å². The molecule has 0 radical (unpaired) electrons. The third-order valence-electron chi connectivity index (χ3n) is 3.01. The van der Waals surface area contributed by atoms with Crippen molar-refractivity contribution in [2.24, 2.45) is 0 Å². The molecule has 1 N–H and O–H groups in total. The molecule has 0 unspecified atom stereocenters. The van der Waals surface area contributed by atoms with E-state index in [0.717, 1.165) is 25.9 Å². The van der Waals surface area contributed by atoms with Crippen LogP contribution in [0.2, 0.25) is 0 Å². The lowest BCUT2D eigenvalue weighted by atomic mass is 10.1. The fraction of sp³-hybridized carbons (Fsp3) is 0.643. The van der Waals surface area contributed by atoms with Crippen molar-refractivity contribution < 1.29 is 9.53 Å². The van der Waals surface area contributed by atoms with Crippen LogP contribution in [0.5, 0.6) is 0 Å². The SMILES string of the molecule is C=CCN(CC=C)C(=O)CCOC1CCNCC1. The molecule has 0 bridgehead atoms. The fourth-order valence-electron chi connectivity index (χ4n) is 2.02. The topological polar surface area (TPSA) is 41.6 Å². The van der Waals surface area contributed by atoms with Gasteiger partial charge in [0.1, 0.15) is 0 Å². The Hall–Kier alpha value is -1.13. The summed E-state index contributed by atoms with van der Waals surface area (Å²) in [7, 11) is 0. The van der Waals surface area contributed by atoms with Crippen LogP contribution < -0.4 is 5.32 Å². The predicted octanol–water partition coefficient (Wildman–Crippen LogP) is 1.35. The third-order valence-corrected chi connectivity index (χ3v) is 3.01. The van der Waals surface area contributed by atoms with E-state index in [4.69, 9.17) is 4.74 Å². The van der Waals surface area contributed by atoms with E-state index in [0.29, 0.717) is 32.2 Å². The fourth-order valence-corrected chi connectivity index (χ4v) is 2.02. The lowest BCUT2D eigenvalue weighted by Crippen LogP contribution is -2.34. The molecule has 1 fully saturated rings. The van der Waals surface area contributed by atoms with Crippen LogP contribution in [-0.2, 0) is 9.53 Å². The van der Waals surface area contributed by atoms with Gasteiger partial charge in [0.05, 0.1) is 19.1 Å². The molecule has 4 heteroatoms. The number of amides is 1. The molecule has 1 aliphatic heterocycles. The van der Waals surface area contributed by atoms with Gasteiger partial charge < -0.3 is 15.0 Å². The number of hydrogen-bond acceptors (Lipinski definition) is 3. The summed E-state index contributed by atoms with van der Waals surface area (Å²) in [5.41, 5.74) is 0. The van der Waals surface area contributed by atoms with Gasteiger partial charge in [-0.15, -0.1) is 13.2 Å². The maximum atomic E-state index is 11.9. The average Bonchev–Trinajstić information content (AvgIpc) is 2.39. The molecule has 1 rings (SSSR count). The van der Waals surface area contributed by atoms with Gasteiger partial charge in [0, 0.05) is 13.1 Å². The zero-order valence-electron chi connectivity index (χ0n) is 11.1. The summed E-state index contributed by atoms with van der Waals surface area (Å²) in [5.74, 6) is 0.101. The molecule has 0 aromatic rings. The minimum absolute atomic E-state index is 0.101. The Morgan fingerprint density at radius 2 is 1.89 bits per heavy atom. The predicted molar refractivity (Wildman–Crippen MR) is 73.4 cm³/mol. The molecule has 0 spiro atoms. The number of piperidine rings is 1. The van der Waals surface area contributed by atoms with Crippen LogP contribution in [0.3, 0.4) is 0 Å². The van der Waals surface area contributed by atoms with Crippen molar-refractivity contribution in [1.29, 1.82) is 0 Å². The molecule has 18 heavy (non-hydrogen) atoms. The number of nitrogens with zero attached hydrogens (tertiary/aromatic N) is 1. The first-order valence-corrected chi connectivity index (χ1v) is 6.59. The van der Waals surface area contributed by atoms with Crippen molar-refractivity contribution in [2.75, 3.05) is 32.8 Å². The van der Waals surface area contributed by atoms with Crippen LogP contribution >= 0.6 is 0 Å². The largest absolute Gasteiger partial charge is 0.378 e. The highest BCUT2D eigenvalue weighted by molar-refractivity contribution is 5.76. The molecular formula is C14H24N2O2. The van der Waals surface area contributed by atoms with Gasteiger partial charge in [-0.3, -0.25) is 4.79 Å². The highest BCUT2D eigenvalue weighted by Gasteiger charge is 2.15. The molecule has 0 aromatic heterocycles. The van der Waals surface area contributed by atoms with E-state index in [-0.39, 0.29) is 5.91 Å². The standard InChI is InChI=1S/C14H24N2O2/c1-3-10-16(11-4-2)14(17)7-12-18-13-5-8-15-9-6-13/h3-4,13,15H,1-2,5-12H2. The summed E-state index contributed by atoms with van der Waals surface area (Å²) in [6, 6.07) is 0. The second-order valence-electron chi connectivity index (χ2n) is 4.45. The highest BCUT2D eigenvalue weighted by atomic mass is 16.5. The van der Waals surface area contributed by atoms with E-state index >= 15 is 0 Å². The van der Waals surface area contributed by atoms with E-state index in [1.54, 1.807) is 17.1 Å². The van der Waals surface area contributed by atoms with E-state index in [1.165, 1.54) is 0 Å². The number of carbonyl (C=O) groups is 1. The molecular weight excluding hydrogens is 228 g/mol. The zero-order valence-corrected chi connectivity index (χ0v) is 11.1. The summed E-state index contributed by atoms with van der Waals surface area (Å²) in [6.07, 6.45) is 6.29. The number of hydrogen-bond donors (Lipinski definition) is 1. The van der Waals surface area contributed by atoms with Gasteiger partial charge in [0.25, 0.3) is 0 Å². The van der Waals surface area contributed by atoms with E-state index < -0.39 is 0 Å². The molecule has 0 saturated carbocycles. The van der Waals surface area contributed by atoms with Crippen molar-refractivity contribution in [3.8, 4) is 0 Å². The van der Waals surface area contributed by atoms with E-state index in [9.17, 15) is 4.79 Å². The first kappa shape index (κ1) is 14.9. The van der Waals surface area contributed by atoms with Crippen molar-refractivity contribution >= 4 is 5.91 Å². The van der Waals surface area contributed by atoms with E-state index in [1.807, 2.05) is 0 Å². The maximum absolute atomic E-state index is 11.9. The van der Waals surface area contributed by atoms with Gasteiger partial charge in [-0.25, -0.2) is 0 Å². The first-order chi connectivity index (χ1) is 8.77. The molecule has 4 nitrogen and oxygen atoms in total. The molecule has 102 valence electrons. The number of carbonyl (C=O) groups excluding carboxylic acids is 1. The Balaban J connectivity index is 2.21.